The van der Waals surface area contributed by atoms with E-state index in [4.69, 9.17) is 16.6 Å². The highest BCUT2D eigenvalue weighted by molar-refractivity contribution is 6.30. The first-order valence-electron chi connectivity index (χ1n) is 11.1. The number of pyridine rings is 1. The number of anilines is 1. The van der Waals surface area contributed by atoms with Gasteiger partial charge in [0.2, 0.25) is 5.95 Å². The first-order valence-corrected chi connectivity index (χ1v) is 11.5. The Morgan fingerprint density at radius 1 is 0.882 bits per heavy atom. The largest absolute Gasteiger partial charge is 0.349 e. The van der Waals surface area contributed by atoms with Gasteiger partial charge in [-0.1, -0.05) is 66.1 Å². The van der Waals surface area contributed by atoms with E-state index in [0.29, 0.717) is 0 Å². The van der Waals surface area contributed by atoms with Crippen molar-refractivity contribution in [2.75, 3.05) is 5.32 Å². The Balaban J connectivity index is 1.35. The molecular formula is C29H23ClN4. The topological polar surface area (TPSA) is 42.7 Å². The van der Waals surface area contributed by atoms with E-state index in [1.165, 1.54) is 5.56 Å². The van der Waals surface area contributed by atoms with Crippen molar-refractivity contribution in [2.45, 2.75) is 13.0 Å². The predicted octanol–water partition coefficient (Wildman–Crippen LogP) is 6.86. The summed E-state index contributed by atoms with van der Waals surface area (Å²) in [6.07, 6.45) is 1.83. The van der Waals surface area contributed by atoms with E-state index in [1.807, 2.05) is 80.0 Å². The van der Waals surface area contributed by atoms with Crippen LogP contribution in [0.3, 0.4) is 0 Å². The molecule has 0 amide bonds. The zero-order valence-electron chi connectivity index (χ0n) is 19.0. The van der Waals surface area contributed by atoms with Gasteiger partial charge in [-0.2, -0.15) is 0 Å². The molecule has 5 rings (SSSR count). The number of nitrogens with zero attached hydrogens (tertiary/aromatic N) is 3. The zero-order valence-corrected chi connectivity index (χ0v) is 19.7. The minimum absolute atomic E-state index is 0.151. The first-order chi connectivity index (χ1) is 16.6. The van der Waals surface area contributed by atoms with E-state index in [0.717, 1.165) is 44.4 Å². The average molecular weight is 463 g/mol. The molecule has 5 heteroatoms. The van der Waals surface area contributed by atoms with E-state index >= 15 is 0 Å². The Kier molecular flexibility index (Phi) is 6.03. The number of fused-ring (bicyclic) bond motifs is 1. The first kappa shape index (κ1) is 21.8. The summed E-state index contributed by atoms with van der Waals surface area (Å²) >= 11 is 5.97. The number of hydrogen-bond donors (Lipinski definition) is 1. The second kappa shape index (κ2) is 9.43. The molecule has 1 unspecified atom stereocenters. The van der Waals surface area contributed by atoms with Gasteiger partial charge in [-0.05, 0) is 60.4 Å². The van der Waals surface area contributed by atoms with E-state index in [-0.39, 0.29) is 6.04 Å². The van der Waals surface area contributed by atoms with Crippen molar-refractivity contribution in [1.82, 2.24) is 14.5 Å². The van der Waals surface area contributed by atoms with Crippen LogP contribution in [0, 0.1) is 11.8 Å². The highest BCUT2D eigenvalue weighted by atomic mass is 35.5. The molecule has 2 aromatic heterocycles. The van der Waals surface area contributed by atoms with Gasteiger partial charge >= 0.3 is 0 Å². The Labute approximate surface area is 204 Å². The van der Waals surface area contributed by atoms with Crippen LogP contribution in [0.2, 0.25) is 5.02 Å². The molecule has 0 bridgehead atoms. The van der Waals surface area contributed by atoms with Crippen LogP contribution in [0.5, 0.6) is 0 Å². The fourth-order valence-corrected chi connectivity index (χ4v) is 3.97. The Morgan fingerprint density at radius 2 is 1.65 bits per heavy atom. The summed E-state index contributed by atoms with van der Waals surface area (Å²) < 4.78 is 2.07. The van der Waals surface area contributed by atoms with Gasteiger partial charge in [0, 0.05) is 29.4 Å². The van der Waals surface area contributed by atoms with Gasteiger partial charge in [-0.25, -0.2) is 9.97 Å². The number of halogens is 1. The molecule has 0 radical (unpaired) electrons. The van der Waals surface area contributed by atoms with E-state index in [2.05, 4.69) is 51.8 Å². The second-order valence-electron chi connectivity index (χ2n) is 8.16. The lowest BCUT2D eigenvalue weighted by Gasteiger charge is -2.14. The SMILES string of the molecule is CC(Nc1nc2cc(C#Cc3ccc(-c4ccc(Cl)cc4)cn3)ccc2n1C)c1ccccc1. The summed E-state index contributed by atoms with van der Waals surface area (Å²) in [6.45, 7) is 2.14. The Bertz CT molecular complexity index is 1490. The van der Waals surface area contributed by atoms with Crippen molar-refractivity contribution in [3.63, 3.8) is 0 Å². The van der Waals surface area contributed by atoms with Crippen molar-refractivity contribution in [2.24, 2.45) is 7.05 Å². The van der Waals surface area contributed by atoms with E-state index in [1.54, 1.807) is 0 Å². The van der Waals surface area contributed by atoms with Gasteiger partial charge in [0.05, 0.1) is 17.1 Å². The molecule has 0 fully saturated rings. The lowest BCUT2D eigenvalue weighted by Crippen LogP contribution is -2.10. The predicted molar refractivity (Wildman–Crippen MR) is 140 cm³/mol. The number of nitrogens with one attached hydrogen (secondary N) is 1. The lowest BCUT2D eigenvalue weighted by molar-refractivity contribution is 0.832. The molecule has 3 aromatic carbocycles. The van der Waals surface area contributed by atoms with Crippen LogP contribution >= 0.6 is 11.6 Å². The molecular weight excluding hydrogens is 440 g/mol. The molecule has 5 aromatic rings. The van der Waals surface area contributed by atoms with Crippen LogP contribution in [-0.2, 0) is 7.05 Å². The molecule has 0 spiro atoms. The Hall–Kier alpha value is -4.07. The summed E-state index contributed by atoms with van der Waals surface area (Å²) in [6, 6.07) is 28.3. The maximum absolute atomic E-state index is 5.97. The molecule has 0 aliphatic rings. The highest BCUT2D eigenvalue weighted by Crippen LogP contribution is 2.24. The fourth-order valence-electron chi connectivity index (χ4n) is 3.84. The summed E-state index contributed by atoms with van der Waals surface area (Å²) in [4.78, 5) is 9.30. The number of benzene rings is 3. The molecule has 0 saturated carbocycles. The van der Waals surface area contributed by atoms with Crippen molar-refractivity contribution >= 4 is 28.6 Å². The van der Waals surface area contributed by atoms with Crippen LogP contribution in [0.25, 0.3) is 22.2 Å². The number of aromatic nitrogens is 3. The molecule has 166 valence electrons. The maximum atomic E-state index is 5.97. The standard InChI is InChI=1S/C29H23ClN4/c1-20(22-6-4-3-5-7-22)32-29-33-27-18-21(9-17-28(27)34(29)2)8-15-26-16-12-24(19-31-26)23-10-13-25(30)14-11-23/h3-7,9-14,16-20H,1-2H3,(H,32,33). The Morgan fingerprint density at radius 3 is 2.38 bits per heavy atom. The van der Waals surface area contributed by atoms with Crippen molar-refractivity contribution in [3.05, 3.63) is 113 Å². The van der Waals surface area contributed by atoms with Crippen molar-refractivity contribution in [1.29, 1.82) is 0 Å². The highest BCUT2D eigenvalue weighted by Gasteiger charge is 2.11. The molecule has 4 nitrogen and oxygen atoms in total. The van der Waals surface area contributed by atoms with Crippen LogP contribution in [0.1, 0.15) is 29.8 Å². The van der Waals surface area contributed by atoms with Gasteiger partial charge in [0.1, 0.15) is 5.69 Å². The van der Waals surface area contributed by atoms with Gasteiger partial charge in [-0.3, -0.25) is 0 Å². The third kappa shape index (κ3) is 4.66. The minimum atomic E-state index is 0.151. The van der Waals surface area contributed by atoms with E-state index < -0.39 is 0 Å². The van der Waals surface area contributed by atoms with Gasteiger partial charge < -0.3 is 9.88 Å². The summed E-state index contributed by atoms with van der Waals surface area (Å²) in [7, 11) is 2.02. The average Bonchev–Trinajstić information content (AvgIpc) is 3.18. The molecule has 2 heterocycles. The summed E-state index contributed by atoms with van der Waals surface area (Å²) in [5, 5.41) is 4.23. The molecule has 1 N–H and O–H groups in total. The summed E-state index contributed by atoms with van der Waals surface area (Å²) in [5.74, 6) is 7.20. The number of hydrogen-bond acceptors (Lipinski definition) is 3. The van der Waals surface area contributed by atoms with Crippen LogP contribution in [0.15, 0.2) is 91.1 Å². The number of imidazole rings is 1. The summed E-state index contributed by atoms with van der Waals surface area (Å²) in [5.41, 5.74) is 6.90. The fraction of sp³-hybridized carbons (Fsp3) is 0.103. The normalized spacial score (nSPS) is 11.6. The smallest absolute Gasteiger partial charge is 0.204 e. The van der Waals surface area contributed by atoms with Crippen LogP contribution in [-0.4, -0.2) is 14.5 Å². The maximum Gasteiger partial charge on any atom is 0.204 e. The quantitative estimate of drug-likeness (QED) is 0.296. The molecule has 0 aliphatic heterocycles. The van der Waals surface area contributed by atoms with E-state index in [9.17, 15) is 0 Å². The second-order valence-corrected chi connectivity index (χ2v) is 8.60. The van der Waals surface area contributed by atoms with Crippen molar-refractivity contribution in [3.8, 4) is 23.0 Å². The molecule has 34 heavy (non-hydrogen) atoms. The number of aryl methyl sites for hydroxylation is 1. The van der Waals surface area contributed by atoms with Gasteiger partial charge in [0.15, 0.2) is 0 Å². The molecule has 1 atom stereocenters. The van der Waals surface area contributed by atoms with Gasteiger partial charge in [0.25, 0.3) is 0 Å². The third-order valence-corrected chi connectivity index (χ3v) is 6.05. The molecule has 0 saturated heterocycles. The minimum Gasteiger partial charge on any atom is -0.349 e. The lowest BCUT2D eigenvalue weighted by atomic mass is 10.1. The van der Waals surface area contributed by atoms with Crippen LogP contribution < -0.4 is 5.32 Å². The van der Waals surface area contributed by atoms with Crippen molar-refractivity contribution < 1.29 is 0 Å². The third-order valence-electron chi connectivity index (χ3n) is 5.80. The monoisotopic (exact) mass is 462 g/mol. The molecule has 0 aliphatic carbocycles. The van der Waals surface area contributed by atoms with Gasteiger partial charge in [-0.15, -0.1) is 0 Å². The zero-order chi connectivity index (χ0) is 23.5. The van der Waals surface area contributed by atoms with Crippen LogP contribution in [0.4, 0.5) is 5.95 Å². The number of rotatable bonds is 4.